The molecule has 0 saturated carbocycles. The normalized spacial score (nSPS) is 21.1. The molecule has 1 unspecified atom stereocenters. The molecule has 0 aliphatic heterocycles. The van der Waals surface area contributed by atoms with Gasteiger partial charge in [0, 0.05) is 5.56 Å². The van der Waals surface area contributed by atoms with Crippen molar-refractivity contribution in [2.45, 2.75) is 52.9 Å². The summed E-state index contributed by atoms with van der Waals surface area (Å²) in [7, 11) is 0. The first-order valence-corrected chi connectivity index (χ1v) is 7.15. The van der Waals surface area contributed by atoms with Crippen LogP contribution in [0.3, 0.4) is 0 Å². The van der Waals surface area contributed by atoms with Gasteiger partial charge in [-0.05, 0) is 53.9 Å². The molecule has 1 aromatic carbocycles. The average Bonchev–Trinajstić information content (AvgIpc) is 2.35. The molecular formula is C18H24. The summed E-state index contributed by atoms with van der Waals surface area (Å²) in [6.07, 6.45) is 11.9. The fraction of sp³-hybridized carbons (Fsp3) is 0.556. The van der Waals surface area contributed by atoms with Crippen molar-refractivity contribution in [3.05, 3.63) is 34.9 Å². The fourth-order valence-corrected chi connectivity index (χ4v) is 3.20. The topological polar surface area (TPSA) is 0 Å². The van der Waals surface area contributed by atoms with Crippen LogP contribution in [0, 0.1) is 23.7 Å². The summed E-state index contributed by atoms with van der Waals surface area (Å²) in [5.41, 5.74) is 4.46. The van der Waals surface area contributed by atoms with Crippen molar-refractivity contribution in [3.8, 4) is 12.3 Å². The van der Waals surface area contributed by atoms with Crippen molar-refractivity contribution < 1.29 is 0 Å². The first kappa shape index (κ1) is 13.2. The van der Waals surface area contributed by atoms with E-state index in [1.165, 1.54) is 43.2 Å². The molecular weight excluding hydrogens is 216 g/mol. The lowest BCUT2D eigenvalue weighted by molar-refractivity contribution is 0.178. The molecule has 0 bridgehead atoms. The van der Waals surface area contributed by atoms with Gasteiger partial charge in [0.1, 0.15) is 0 Å². The van der Waals surface area contributed by atoms with Crippen molar-refractivity contribution in [2.24, 2.45) is 11.3 Å². The lowest BCUT2D eigenvalue weighted by atomic mass is 9.65. The second-order valence-corrected chi connectivity index (χ2v) is 6.34. The van der Waals surface area contributed by atoms with Gasteiger partial charge in [0.15, 0.2) is 0 Å². The van der Waals surface area contributed by atoms with Crippen molar-refractivity contribution >= 4 is 0 Å². The molecule has 1 aliphatic carbocycles. The molecule has 18 heavy (non-hydrogen) atoms. The van der Waals surface area contributed by atoms with Crippen LogP contribution in [0.2, 0.25) is 0 Å². The Kier molecular flexibility index (Phi) is 3.81. The summed E-state index contributed by atoms with van der Waals surface area (Å²) in [5.74, 6) is 3.56. The highest BCUT2D eigenvalue weighted by molar-refractivity contribution is 5.41. The van der Waals surface area contributed by atoms with E-state index in [1.54, 1.807) is 0 Å². The van der Waals surface area contributed by atoms with Gasteiger partial charge in [-0.2, -0.15) is 0 Å². The highest BCUT2D eigenvalue weighted by atomic mass is 14.4. The SMILES string of the molecule is C#Cc1ccc2c(c1)CC(CCCC)C(C)(C)C2. The van der Waals surface area contributed by atoms with E-state index in [1.807, 2.05) is 0 Å². The molecule has 0 heterocycles. The summed E-state index contributed by atoms with van der Waals surface area (Å²) >= 11 is 0. The van der Waals surface area contributed by atoms with E-state index in [9.17, 15) is 0 Å². The number of benzene rings is 1. The van der Waals surface area contributed by atoms with Crippen LogP contribution in [0.1, 0.15) is 56.7 Å². The Morgan fingerprint density at radius 3 is 2.78 bits per heavy atom. The zero-order valence-electron chi connectivity index (χ0n) is 11.9. The van der Waals surface area contributed by atoms with Crippen LogP contribution in [-0.4, -0.2) is 0 Å². The van der Waals surface area contributed by atoms with Crippen LogP contribution in [0.5, 0.6) is 0 Å². The molecule has 96 valence electrons. The summed E-state index contributed by atoms with van der Waals surface area (Å²) in [4.78, 5) is 0. The van der Waals surface area contributed by atoms with Crippen molar-refractivity contribution in [1.29, 1.82) is 0 Å². The highest BCUT2D eigenvalue weighted by Gasteiger charge is 2.34. The fourth-order valence-electron chi connectivity index (χ4n) is 3.20. The molecule has 2 rings (SSSR count). The zero-order valence-corrected chi connectivity index (χ0v) is 11.9. The minimum absolute atomic E-state index is 0.430. The number of unbranched alkanes of at least 4 members (excludes halogenated alkanes) is 1. The predicted octanol–water partition coefficient (Wildman–Crippen LogP) is 4.60. The first-order chi connectivity index (χ1) is 8.56. The molecule has 0 nitrogen and oxygen atoms in total. The van der Waals surface area contributed by atoms with E-state index >= 15 is 0 Å². The molecule has 0 amide bonds. The van der Waals surface area contributed by atoms with Crippen LogP contribution < -0.4 is 0 Å². The van der Waals surface area contributed by atoms with Crippen LogP contribution in [-0.2, 0) is 12.8 Å². The maximum atomic E-state index is 5.50. The third-order valence-corrected chi connectivity index (χ3v) is 4.50. The van der Waals surface area contributed by atoms with Crippen molar-refractivity contribution in [2.75, 3.05) is 0 Å². The van der Waals surface area contributed by atoms with Gasteiger partial charge < -0.3 is 0 Å². The van der Waals surface area contributed by atoms with Crippen molar-refractivity contribution in [1.82, 2.24) is 0 Å². The summed E-state index contributed by atoms with van der Waals surface area (Å²) in [6.45, 7) is 7.12. The molecule has 0 fully saturated rings. The Bertz CT molecular complexity index is 459. The Morgan fingerprint density at radius 2 is 2.11 bits per heavy atom. The van der Waals surface area contributed by atoms with E-state index in [0.29, 0.717) is 5.41 Å². The minimum atomic E-state index is 0.430. The van der Waals surface area contributed by atoms with E-state index in [4.69, 9.17) is 6.42 Å². The molecule has 1 atom stereocenters. The number of rotatable bonds is 3. The molecule has 0 radical (unpaired) electrons. The van der Waals surface area contributed by atoms with Crippen LogP contribution in [0.25, 0.3) is 0 Å². The smallest absolute Gasteiger partial charge is 0.0245 e. The Hall–Kier alpha value is -1.22. The molecule has 0 aromatic heterocycles. The molecule has 1 aromatic rings. The van der Waals surface area contributed by atoms with Gasteiger partial charge in [0.05, 0.1) is 0 Å². The number of hydrogen-bond acceptors (Lipinski definition) is 0. The number of hydrogen-bond donors (Lipinski definition) is 0. The van der Waals surface area contributed by atoms with E-state index < -0.39 is 0 Å². The highest BCUT2D eigenvalue weighted by Crippen LogP contribution is 2.42. The monoisotopic (exact) mass is 240 g/mol. The number of terminal acetylenes is 1. The second kappa shape index (κ2) is 5.19. The van der Waals surface area contributed by atoms with Crippen molar-refractivity contribution in [3.63, 3.8) is 0 Å². The second-order valence-electron chi connectivity index (χ2n) is 6.34. The van der Waals surface area contributed by atoms with Gasteiger partial charge in [0.25, 0.3) is 0 Å². The average molecular weight is 240 g/mol. The Labute approximate surface area is 112 Å². The van der Waals surface area contributed by atoms with Gasteiger partial charge in [-0.25, -0.2) is 0 Å². The van der Waals surface area contributed by atoms with Crippen LogP contribution in [0.15, 0.2) is 18.2 Å². The molecule has 1 aliphatic rings. The maximum Gasteiger partial charge on any atom is 0.0245 e. The van der Waals surface area contributed by atoms with Gasteiger partial charge in [-0.1, -0.05) is 45.6 Å². The molecule has 0 spiro atoms. The largest absolute Gasteiger partial charge is 0.115 e. The maximum absolute atomic E-state index is 5.50. The van der Waals surface area contributed by atoms with Gasteiger partial charge in [0.2, 0.25) is 0 Å². The van der Waals surface area contributed by atoms with E-state index in [-0.39, 0.29) is 0 Å². The lowest BCUT2D eigenvalue weighted by Crippen LogP contribution is -2.33. The van der Waals surface area contributed by atoms with E-state index in [0.717, 1.165) is 11.5 Å². The summed E-state index contributed by atoms with van der Waals surface area (Å²) < 4.78 is 0. The van der Waals surface area contributed by atoms with Gasteiger partial charge in [-0.3, -0.25) is 0 Å². The van der Waals surface area contributed by atoms with Crippen LogP contribution >= 0.6 is 0 Å². The third-order valence-electron chi connectivity index (χ3n) is 4.50. The predicted molar refractivity (Wildman–Crippen MR) is 78.6 cm³/mol. The third kappa shape index (κ3) is 2.61. The van der Waals surface area contributed by atoms with Crippen LogP contribution in [0.4, 0.5) is 0 Å². The summed E-state index contributed by atoms with van der Waals surface area (Å²) in [5, 5.41) is 0. The van der Waals surface area contributed by atoms with E-state index in [2.05, 4.69) is 44.9 Å². The standard InChI is InChI=1S/C18H24/c1-5-7-8-17-12-16-11-14(6-2)9-10-15(16)13-18(17,3)4/h2,9-11,17H,5,7-8,12-13H2,1,3-4H3. The molecule has 0 N–H and O–H groups in total. The lowest BCUT2D eigenvalue weighted by Gasteiger charge is -2.40. The molecule has 0 saturated heterocycles. The quantitative estimate of drug-likeness (QED) is 0.677. The minimum Gasteiger partial charge on any atom is -0.115 e. The Balaban J connectivity index is 2.26. The summed E-state index contributed by atoms with van der Waals surface area (Å²) in [6, 6.07) is 6.55. The Morgan fingerprint density at radius 1 is 1.33 bits per heavy atom. The molecule has 0 heteroatoms. The zero-order chi connectivity index (χ0) is 13.2. The first-order valence-electron chi connectivity index (χ1n) is 7.15. The number of fused-ring (bicyclic) bond motifs is 1. The van der Waals surface area contributed by atoms with Gasteiger partial charge in [-0.15, -0.1) is 6.42 Å². The van der Waals surface area contributed by atoms with Gasteiger partial charge >= 0.3 is 0 Å².